The molecular formula is C12H15BrFN3O2. The number of carbonyl (C=O) groups is 1. The van der Waals surface area contributed by atoms with Gasteiger partial charge in [0.2, 0.25) is 0 Å². The number of hydrogen-bond donors (Lipinski definition) is 3. The van der Waals surface area contributed by atoms with Crippen molar-refractivity contribution in [2.24, 2.45) is 0 Å². The quantitative estimate of drug-likeness (QED) is 0.744. The van der Waals surface area contributed by atoms with Crippen LogP contribution < -0.4 is 10.6 Å². The van der Waals surface area contributed by atoms with Crippen LogP contribution >= 0.6 is 15.9 Å². The van der Waals surface area contributed by atoms with E-state index >= 15 is 0 Å². The Morgan fingerprint density at radius 3 is 2.63 bits per heavy atom. The summed E-state index contributed by atoms with van der Waals surface area (Å²) in [6.07, 6.45) is 3.42. The summed E-state index contributed by atoms with van der Waals surface area (Å²) in [4.78, 5) is 14.4. The maximum atomic E-state index is 13.1. The van der Waals surface area contributed by atoms with E-state index in [0.29, 0.717) is 10.3 Å². The van der Waals surface area contributed by atoms with Crippen LogP contribution in [0.5, 0.6) is 0 Å². The highest BCUT2D eigenvalue weighted by Crippen LogP contribution is 2.26. The predicted molar refractivity (Wildman–Crippen MR) is 72.7 cm³/mol. The Morgan fingerprint density at radius 1 is 1.37 bits per heavy atom. The minimum absolute atomic E-state index is 0.0182. The van der Waals surface area contributed by atoms with Crippen molar-refractivity contribution in [3.8, 4) is 0 Å². The summed E-state index contributed by atoms with van der Waals surface area (Å²) in [5.74, 6) is -0.382. The highest BCUT2D eigenvalue weighted by Gasteiger charge is 2.22. The van der Waals surface area contributed by atoms with Crippen LogP contribution in [0.3, 0.4) is 0 Å². The molecule has 1 heterocycles. The fourth-order valence-corrected chi connectivity index (χ4v) is 2.63. The van der Waals surface area contributed by atoms with Crippen LogP contribution in [0.2, 0.25) is 0 Å². The molecule has 0 aromatic carbocycles. The molecule has 0 unspecified atom stereocenters. The monoisotopic (exact) mass is 331 g/mol. The van der Waals surface area contributed by atoms with Crippen LogP contribution in [0.25, 0.3) is 0 Å². The van der Waals surface area contributed by atoms with Crippen molar-refractivity contribution >= 4 is 27.7 Å². The second-order valence-electron chi connectivity index (χ2n) is 4.63. The maximum absolute atomic E-state index is 13.1. The molecule has 19 heavy (non-hydrogen) atoms. The normalized spacial score (nSPS) is 22.8. The Morgan fingerprint density at radius 2 is 2.00 bits per heavy atom. The molecule has 7 heteroatoms. The fourth-order valence-electron chi connectivity index (χ4n) is 2.30. The average molecular weight is 332 g/mol. The SMILES string of the molecule is O=C(O)NC1CCC(Nc2cc(F)cnc2Br)CC1. The summed E-state index contributed by atoms with van der Waals surface area (Å²) in [6, 6.07) is 1.63. The van der Waals surface area contributed by atoms with Crippen LogP contribution in [0.4, 0.5) is 14.9 Å². The number of halogens is 2. The van der Waals surface area contributed by atoms with E-state index in [9.17, 15) is 9.18 Å². The summed E-state index contributed by atoms with van der Waals surface area (Å²) in [7, 11) is 0. The molecule has 0 saturated heterocycles. The number of nitrogens with one attached hydrogen (secondary N) is 2. The number of nitrogens with zero attached hydrogens (tertiary/aromatic N) is 1. The van der Waals surface area contributed by atoms with Gasteiger partial charge in [-0.25, -0.2) is 14.2 Å². The smallest absolute Gasteiger partial charge is 0.404 e. The van der Waals surface area contributed by atoms with Crippen molar-refractivity contribution in [1.82, 2.24) is 10.3 Å². The number of amides is 1. The Bertz CT molecular complexity index is 464. The second-order valence-corrected chi connectivity index (χ2v) is 5.39. The molecule has 1 fully saturated rings. The lowest BCUT2D eigenvalue weighted by atomic mass is 9.91. The summed E-state index contributed by atoms with van der Waals surface area (Å²) >= 11 is 3.27. The van der Waals surface area contributed by atoms with Crippen molar-refractivity contribution in [3.05, 3.63) is 22.7 Å². The molecule has 1 aromatic heterocycles. The van der Waals surface area contributed by atoms with Gasteiger partial charge in [-0.05, 0) is 41.6 Å². The van der Waals surface area contributed by atoms with Crippen LogP contribution in [0.1, 0.15) is 25.7 Å². The molecular weight excluding hydrogens is 317 g/mol. The molecule has 5 nitrogen and oxygen atoms in total. The van der Waals surface area contributed by atoms with E-state index < -0.39 is 6.09 Å². The van der Waals surface area contributed by atoms with Crippen LogP contribution in [-0.4, -0.2) is 28.3 Å². The van der Waals surface area contributed by atoms with Crippen molar-refractivity contribution in [3.63, 3.8) is 0 Å². The zero-order chi connectivity index (χ0) is 13.8. The van der Waals surface area contributed by atoms with E-state index in [4.69, 9.17) is 5.11 Å². The van der Waals surface area contributed by atoms with Gasteiger partial charge in [-0.3, -0.25) is 0 Å². The van der Waals surface area contributed by atoms with Gasteiger partial charge in [-0.15, -0.1) is 0 Å². The molecule has 1 saturated carbocycles. The molecule has 0 aliphatic heterocycles. The van der Waals surface area contributed by atoms with Gasteiger partial charge < -0.3 is 15.7 Å². The molecule has 0 spiro atoms. The van der Waals surface area contributed by atoms with Gasteiger partial charge in [-0.1, -0.05) is 0 Å². The molecule has 104 valence electrons. The maximum Gasteiger partial charge on any atom is 0.404 e. The molecule has 0 atom stereocenters. The fraction of sp³-hybridized carbons (Fsp3) is 0.500. The summed E-state index contributed by atoms with van der Waals surface area (Å²) in [6.45, 7) is 0. The number of rotatable bonds is 3. The van der Waals surface area contributed by atoms with Gasteiger partial charge in [0.25, 0.3) is 0 Å². The molecule has 1 aliphatic carbocycles. The Balaban J connectivity index is 1.88. The third-order valence-electron chi connectivity index (χ3n) is 3.22. The first-order valence-corrected chi connectivity index (χ1v) is 6.91. The molecule has 0 bridgehead atoms. The highest BCUT2D eigenvalue weighted by atomic mass is 79.9. The molecule has 1 aliphatic rings. The lowest BCUT2D eigenvalue weighted by Gasteiger charge is -2.29. The highest BCUT2D eigenvalue weighted by molar-refractivity contribution is 9.10. The predicted octanol–water partition coefficient (Wildman–Crippen LogP) is 2.97. The molecule has 0 radical (unpaired) electrons. The third-order valence-corrected chi connectivity index (χ3v) is 3.85. The van der Waals surface area contributed by atoms with Crippen LogP contribution in [-0.2, 0) is 0 Å². The van der Waals surface area contributed by atoms with Gasteiger partial charge in [-0.2, -0.15) is 0 Å². The molecule has 3 N–H and O–H groups in total. The zero-order valence-electron chi connectivity index (χ0n) is 10.2. The van der Waals surface area contributed by atoms with Gasteiger partial charge in [0.05, 0.1) is 11.9 Å². The van der Waals surface area contributed by atoms with Crippen molar-refractivity contribution in [1.29, 1.82) is 0 Å². The first-order valence-electron chi connectivity index (χ1n) is 6.11. The van der Waals surface area contributed by atoms with Crippen molar-refractivity contribution < 1.29 is 14.3 Å². The first-order chi connectivity index (χ1) is 9.04. The number of anilines is 1. The van der Waals surface area contributed by atoms with Crippen molar-refractivity contribution in [2.45, 2.75) is 37.8 Å². The van der Waals surface area contributed by atoms with Gasteiger partial charge in [0.1, 0.15) is 10.4 Å². The van der Waals surface area contributed by atoms with E-state index in [1.807, 2.05) is 0 Å². The first kappa shape index (κ1) is 14.0. The van der Waals surface area contributed by atoms with Crippen molar-refractivity contribution in [2.75, 3.05) is 5.32 Å². The Labute approximate surface area is 118 Å². The van der Waals surface area contributed by atoms with Crippen LogP contribution in [0.15, 0.2) is 16.9 Å². The average Bonchev–Trinajstić information content (AvgIpc) is 2.35. The standard InChI is InChI=1S/C12H15BrFN3O2/c13-11-10(5-7(14)6-15-11)16-8-1-3-9(4-2-8)17-12(18)19/h5-6,8-9,16-17H,1-4H2,(H,18,19). The Kier molecular flexibility index (Phi) is 4.57. The topological polar surface area (TPSA) is 74.2 Å². The molecule has 1 aromatic rings. The lowest BCUT2D eigenvalue weighted by molar-refractivity contribution is 0.185. The third kappa shape index (κ3) is 4.05. The zero-order valence-corrected chi connectivity index (χ0v) is 11.8. The molecule has 1 amide bonds. The van der Waals surface area contributed by atoms with Gasteiger partial charge >= 0.3 is 6.09 Å². The van der Waals surface area contributed by atoms with E-state index in [1.54, 1.807) is 0 Å². The number of pyridine rings is 1. The van der Waals surface area contributed by atoms with E-state index in [-0.39, 0.29) is 17.9 Å². The van der Waals surface area contributed by atoms with Crippen LogP contribution in [0, 0.1) is 5.82 Å². The minimum Gasteiger partial charge on any atom is -0.465 e. The lowest BCUT2D eigenvalue weighted by Crippen LogP contribution is -2.39. The van der Waals surface area contributed by atoms with E-state index in [0.717, 1.165) is 31.9 Å². The van der Waals surface area contributed by atoms with Gasteiger partial charge in [0, 0.05) is 18.2 Å². The second kappa shape index (κ2) is 6.18. The Hall–Kier alpha value is -1.37. The van der Waals surface area contributed by atoms with E-state index in [2.05, 4.69) is 31.5 Å². The minimum atomic E-state index is -0.978. The van der Waals surface area contributed by atoms with E-state index in [1.165, 1.54) is 6.07 Å². The number of aromatic nitrogens is 1. The molecule has 2 rings (SSSR count). The number of carboxylic acid groups (broad SMARTS) is 1. The largest absolute Gasteiger partial charge is 0.465 e. The van der Waals surface area contributed by atoms with Gasteiger partial charge in [0.15, 0.2) is 0 Å². The summed E-state index contributed by atoms with van der Waals surface area (Å²) in [5, 5.41) is 14.4. The summed E-state index contributed by atoms with van der Waals surface area (Å²) < 4.78 is 13.7. The number of hydrogen-bond acceptors (Lipinski definition) is 3. The summed E-state index contributed by atoms with van der Waals surface area (Å²) in [5.41, 5.74) is 0.634.